The fraction of sp³-hybridized carbons (Fsp3) is 0.269. The Kier molecular flexibility index (Phi) is 6.67. The highest BCUT2D eigenvalue weighted by molar-refractivity contribution is 6.02. The summed E-state index contributed by atoms with van der Waals surface area (Å²) in [5, 5.41) is 12.2. The van der Waals surface area contributed by atoms with E-state index in [1.54, 1.807) is 31.4 Å². The first-order chi connectivity index (χ1) is 16.5. The summed E-state index contributed by atoms with van der Waals surface area (Å²) in [6.07, 6.45) is 3.84. The lowest BCUT2D eigenvalue weighted by Gasteiger charge is -2.15. The normalized spacial score (nSPS) is 12.7. The van der Waals surface area contributed by atoms with Gasteiger partial charge in [0.1, 0.15) is 11.3 Å². The van der Waals surface area contributed by atoms with E-state index in [4.69, 9.17) is 9.73 Å². The Labute approximate surface area is 196 Å². The highest BCUT2D eigenvalue weighted by Gasteiger charge is 2.21. The molecular formula is C26H28N4O4. The van der Waals surface area contributed by atoms with Crippen LogP contribution in [0.4, 0.5) is 0 Å². The van der Waals surface area contributed by atoms with Crippen LogP contribution in [-0.2, 0) is 6.42 Å². The largest absolute Gasteiger partial charge is 0.497 e. The van der Waals surface area contributed by atoms with Gasteiger partial charge in [-0.3, -0.25) is 14.8 Å². The Balaban J connectivity index is 1.76. The number of nitrogens with one attached hydrogen (secondary N) is 2. The summed E-state index contributed by atoms with van der Waals surface area (Å²) in [6.45, 7) is 3.91. The van der Waals surface area contributed by atoms with Crippen molar-refractivity contribution in [3.63, 3.8) is 0 Å². The highest BCUT2D eigenvalue weighted by atomic mass is 16.5. The topological polar surface area (TPSA) is 112 Å². The SMILES string of the molecule is CCC(=NC(CC)Cc1c[nH]c2ccccc12)c1c(O)n(-c2ccc(OC)cc2)c(=O)[nH]c1=O. The fourth-order valence-electron chi connectivity index (χ4n) is 4.14. The number of ether oxygens (including phenoxy) is 1. The molecule has 3 N–H and O–H groups in total. The number of aromatic amines is 2. The molecule has 8 nitrogen and oxygen atoms in total. The van der Waals surface area contributed by atoms with Crippen LogP contribution in [0.15, 0.2) is 69.3 Å². The van der Waals surface area contributed by atoms with Crippen LogP contribution in [0, 0.1) is 0 Å². The highest BCUT2D eigenvalue weighted by Crippen LogP contribution is 2.23. The number of hydrogen-bond acceptors (Lipinski definition) is 5. The predicted octanol–water partition coefficient (Wildman–Crippen LogP) is 3.94. The van der Waals surface area contributed by atoms with Gasteiger partial charge in [-0.15, -0.1) is 0 Å². The molecule has 8 heteroatoms. The molecule has 2 heterocycles. The van der Waals surface area contributed by atoms with Gasteiger partial charge in [0.2, 0.25) is 5.88 Å². The van der Waals surface area contributed by atoms with Crippen LogP contribution in [0.5, 0.6) is 11.6 Å². The molecule has 34 heavy (non-hydrogen) atoms. The molecular weight excluding hydrogens is 432 g/mol. The molecule has 0 bridgehead atoms. The minimum Gasteiger partial charge on any atom is -0.497 e. The standard InChI is InChI=1S/C26H28N4O4/c1-4-17(14-16-15-27-22-9-7-6-8-20(16)22)28-21(5-2)23-24(31)29-26(33)30(25(23)32)18-10-12-19(34-3)13-11-18/h6-13,15,17,27,32H,4-5,14H2,1-3H3,(H,29,31,33). The van der Waals surface area contributed by atoms with E-state index < -0.39 is 17.1 Å². The van der Waals surface area contributed by atoms with Crippen LogP contribution < -0.4 is 16.0 Å². The molecule has 0 saturated carbocycles. The number of fused-ring (bicyclic) bond motifs is 1. The molecule has 0 fully saturated rings. The monoisotopic (exact) mass is 460 g/mol. The lowest BCUT2D eigenvalue weighted by Crippen LogP contribution is -2.33. The third-order valence-electron chi connectivity index (χ3n) is 5.98. The first-order valence-corrected chi connectivity index (χ1v) is 11.3. The lowest BCUT2D eigenvalue weighted by molar-refractivity contribution is 0.414. The maximum atomic E-state index is 12.8. The van der Waals surface area contributed by atoms with Crippen molar-refractivity contribution in [1.29, 1.82) is 0 Å². The number of aromatic hydroxyl groups is 1. The van der Waals surface area contributed by atoms with Crippen LogP contribution in [-0.4, -0.2) is 38.5 Å². The first kappa shape index (κ1) is 23.1. The molecule has 2 aromatic heterocycles. The van der Waals surface area contributed by atoms with E-state index in [1.807, 2.05) is 38.2 Å². The number of methoxy groups -OCH3 is 1. The van der Waals surface area contributed by atoms with Gasteiger partial charge in [0.25, 0.3) is 5.56 Å². The van der Waals surface area contributed by atoms with Crippen molar-refractivity contribution < 1.29 is 9.84 Å². The average Bonchev–Trinajstić information content (AvgIpc) is 3.25. The predicted molar refractivity (Wildman–Crippen MR) is 134 cm³/mol. The molecule has 0 spiro atoms. The van der Waals surface area contributed by atoms with Gasteiger partial charge in [-0.1, -0.05) is 32.0 Å². The lowest BCUT2D eigenvalue weighted by atomic mass is 10.0. The smallest absolute Gasteiger partial charge is 0.335 e. The first-order valence-electron chi connectivity index (χ1n) is 11.3. The minimum atomic E-state index is -0.724. The summed E-state index contributed by atoms with van der Waals surface area (Å²) in [6, 6.07) is 14.6. The summed E-state index contributed by atoms with van der Waals surface area (Å²) in [5.74, 6) is 0.182. The molecule has 0 saturated heterocycles. The van der Waals surface area contributed by atoms with E-state index in [-0.39, 0.29) is 11.6 Å². The van der Waals surface area contributed by atoms with E-state index in [0.29, 0.717) is 30.0 Å². The van der Waals surface area contributed by atoms with Crippen molar-refractivity contribution in [3.8, 4) is 17.3 Å². The maximum Gasteiger partial charge on any atom is 0.335 e. The second-order valence-electron chi connectivity index (χ2n) is 8.05. The third-order valence-corrected chi connectivity index (χ3v) is 5.98. The van der Waals surface area contributed by atoms with Gasteiger partial charge in [0, 0.05) is 17.1 Å². The van der Waals surface area contributed by atoms with Gasteiger partial charge in [0.15, 0.2) is 0 Å². The summed E-state index contributed by atoms with van der Waals surface area (Å²) in [4.78, 5) is 35.8. The number of para-hydroxylation sites is 1. The Hall–Kier alpha value is -4.07. The molecule has 0 amide bonds. The van der Waals surface area contributed by atoms with Crippen molar-refractivity contribution in [2.75, 3.05) is 7.11 Å². The molecule has 176 valence electrons. The van der Waals surface area contributed by atoms with Gasteiger partial charge in [-0.05, 0) is 55.2 Å². The number of rotatable bonds is 8. The maximum absolute atomic E-state index is 12.8. The van der Waals surface area contributed by atoms with Gasteiger partial charge >= 0.3 is 5.69 Å². The fourth-order valence-corrected chi connectivity index (χ4v) is 4.14. The number of nitrogens with zero attached hydrogens (tertiary/aromatic N) is 2. The van der Waals surface area contributed by atoms with Crippen molar-refractivity contribution in [2.24, 2.45) is 4.99 Å². The van der Waals surface area contributed by atoms with Gasteiger partial charge in [-0.2, -0.15) is 0 Å². The van der Waals surface area contributed by atoms with E-state index in [2.05, 4.69) is 16.0 Å². The van der Waals surface area contributed by atoms with E-state index in [9.17, 15) is 14.7 Å². The van der Waals surface area contributed by atoms with Crippen LogP contribution in [0.25, 0.3) is 16.6 Å². The molecule has 0 radical (unpaired) electrons. The molecule has 1 atom stereocenters. The summed E-state index contributed by atoms with van der Waals surface area (Å²) < 4.78 is 6.23. The van der Waals surface area contributed by atoms with Crippen LogP contribution in [0.1, 0.15) is 37.8 Å². The molecule has 4 aromatic rings. The Bertz CT molecular complexity index is 1440. The zero-order valence-corrected chi connectivity index (χ0v) is 19.5. The van der Waals surface area contributed by atoms with Gasteiger partial charge in [-0.25, -0.2) is 9.36 Å². The molecule has 4 rings (SSSR count). The minimum absolute atomic E-state index is 0.00953. The van der Waals surface area contributed by atoms with Gasteiger partial charge < -0.3 is 14.8 Å². The Morgan fingerprint density at radius 3 is 2.53 bits per heavy atom. The van der Waals surface area contributed by atoms with Crippen molar-refractivity contribution in [2.45, 2.75) is 39.2 Å². The number of H-pyrrole nitrogens is 2. The summed E-state index contributed by atoms with van der Waals surface area (Å²) in [5.41, 5.74) is 1.69. The number of aliphatic imine (C=N–C) groups is 1. The summed E-state index contributed by atoms with van der Waals surface area (Å²) >= 11 is 0. The second-order valence-corrected chi connectivity index (χ2v) is 8.05. The van der Waals surface area contributed by atoms with Crippen LogP contribution in [0.3, 0.4) is 0 Å². The summed E-state index contributed by atoms with van der Waals surface area (Å²) in [7, 11) is 1.54. The number of benzene rings is 2. The third kappa shape index (κ3) is 4.39. The molecule has 2 aromatic carbocycles. The quantitative estimate of drug-likeness (QED) is 0.346. The molecule has 1 unspecified atom stereocenters. The van der Waals surface area contributed by atoms with E-state index in [0.717, 1.165) is 27.5 Å². The Morgan fingerprint density at radius 1 is 1.12 bits per heavy atom. The van der Waals surface area contributed by atoms with Crippen molar-refractivity contribution in [3.05, 3.63) is 86.7 Å². The molecule has 0 aliphatic carbocycles. The van der Waals surface area contributed by atoms with Gasteiger partial charge in [0.05, 0.1) is 24.6 Å². The molecule has 0 aliphatic rings. The van der Waals surface area contributed by atoms with Crippen molar-refractivity contribution in [1.82, 2.24) is 14.5 Å². The van der Waals surface area contributed by atoms with E-state index in [1.165, 1.54) is 0 Å². The number of aromatic nitrogens is 3. The zero-order chi connectivity index (χ0) is 24.2. The van der Waals surface area contributed by atoms with Crippen molar-refractivity contribution >= 4 is 16.6 Å². The zero-order valence-electron chi connectivity index (χ0n) is 19.5. The van der Waals surface area contributed by atoms with Crippen LogP contribution >= 0.6 is 0 Å². The van der Waals surface area contributed by atoms with Crippen LogP contribution in [0.2, 0.25) is 0 Å². The Morgan fingerprint density at radius 2 is 1.85 bits per heavy atom. The average molecular weight is 461 g/mol. The van der Waals surface area contributed by atoms with E-state index >= 15 is 0 Å². The second kappa shape index (κ2) is 9.82. The number of hydrogen-bond donors (Lipinski definition) is 3. The molecule has 0 aliphatic heterocycles.